The van der Waals surface area contributed by atoms with Crippen LogP contribution in [0.3, 0.4) is 0 Å². The van der Waals surface area contributed by atoms with Crippen LogP contribution in [0, 0.1) is 5.92 Å². The molecular formula is C21H26N2O2. The van der Waals surface area contributed by atoms with Crippen molar-refractivity contribution in [3.05, 3.63) is 46.2 Å². The van der Waals surface area contributed by atoms with Crippen LogP contribution in [-0.4, -0.2) is 28.4 Å². The van der Waals surface area contributed by atoms with Crippen LogP contribution in [-0.2, 0) is 0 Å². The number of aromatic amines is 1. The molecule has 25 heavy (non-hydrogen) atoms. The Labute approximate surface area is 148 Å². The quantitative estimate of drug-likeness (QED) is 0.916. The highest BCUT2D eigenvalue weighted by molar-refractivity contribution is 5.97. The summed E-state index contributed by atoms with van der Waals surface area (Å²) in [5.74, 6) is 0.660. The van der Waals surface area contributed by atoms with Crippen molar-refractivity contribution >= 4 is 16.8 Å². The molecule has 0 radical (unpaired) electrons. The number of hydrogen-bond acceptors (Lipinski definition) is 2. The van der Waals surface area contributed by atoms with Crippen LogP contribution in [0.25, 0.3) is 10.9 Å². The molecule has 1 atom stereocenters. The van der Waals surface area contributed by atoms with Crippen LogP contribution in [0.5, 0.6) is 0 Å². The van der Waals surface area contributed by atoms with Gasteiger partial charge in [0, 0.05) is 29.7 Å². The van der Waals surface area contributed by atoms with Gasteiger partial charge in [0.1, 0.15) is 5.56 Å². The minimum Gasteiger partial charge on any atom is -0.360 e. The SMILES string of the molecule is O=C(c1c[nH]c2ccccc2c1=O)N1CCC[C@H]1CC1CCCCC1. The number of carbonyl (C=O) groups is 1. The van der Waals surface area contributed by atoms with Crippen LogP contribution in [0.15, 0.2) is 35.3 Å². The van der Waals surface area contributed by atoms with Crippen molar-refractivity contribution in [2.24, 2.45) is 5.92 Å². The number of nitrogens with zero attached hydrogens (tertiary/aromatic N) is 1. The fourth-order valence-corrected chi connectivity index (χ4v) is 4.64. The number of carbonyl (C=O) groups excluding carboxylic acids is 1. The van der Waals surface area contributed by atoms with Crippen molar-refractivity contribution in [1.82, 2.24) is 9.88 Å². The number of H-pyrrole nitrogens is 1. The Balaban J connectivity index is 1.57. The van der Waals surface area contributed by atoms with Gasteiger partial charge in [-0.2, -0.15) is 0 Å². The van der Waals surface area contributed by atoms with E-state index in [0.29, 0.717) is 11.4 Å². The molecule has 2 aromatic rings. The third-order valence-electron chi connectivity index (χ3n) is 5.99. The second kappa shape index (κ2) is 7.03. The maximum atomic E-state index is 13.1. The first kappa shape index (κ1) is 16.4. The summed E-state index contributed by atoms with van der Waals surface area (Å²) in [4.78, 5) is 30.9. The number of para-hydroxylation sites is 1. The van der Waals surface area contributed by atoms with E-state index in [2.05, 4.69) is 4.98 Å². The molecule has 0 unspecified atom stereocenters. The third kappa shape index (κ3) is 3.22. The molecule has 1 saturated carbocycles. The molecule has 1 aromatic carbocycles. The smallest absolute Gasteiger partial charge is 0.259 e. The molecule has 4 heteroatoms. The molecule has 1 saturated heterocycles. The molecule has 4 nitrogen and oxygen atoms in total. The zero-order valence-corrected chi connectivity index (χ0v) is 14.7. The van der Waals surface area contributed by atoms with E-state index in [0.717, 1.165) is 37.2 Å². The maximum absolute atomic E-state index is 13.1. The number of benzene rings is 1. The average molecular weight is 338 g/mol. The molecule has 132 valence electrons. The van der Waals surface area contributed by atoms with E-state index in [-0.39, 0.29) is 16.9 Å². The van der Waals surface area contributed by atoms with Gasteiger partial charge in [-0.05, 0) is 37.3 Å². The molecule has 2 aliphatic rings. The van der Waals surface area contributed by atoms with Gasteiger partial charge in [-0.1, -0.05) is 44.2 Å². The standard InChI is InChI=1S/C21H26N2O2/c24-20-17-10-4-5-11-19(17)22-14-18(20)21(25)23-12-6-9-16(23)13-15-7-2-1-3-8-15/h4-5,10-11,14-16H,1-3,6-9,12-13H2,(H,22,24)/t16-/m0/s1. The van der Waals surface area contributed by atoms with Crippen molar-refractivity contribution in [2.75, 3.05) is 6.54 Å². The van der Waals surface area contributed by atoms with Gasteiger partial charge < -0.3 is 9.88 Å². The summed E-state index contributed by atoms with van der Waals surface area (Å²) in [6, 6.07) is 7.69. The summed E-state index contributed by atoms with van der Waals surface area (Å²) in [7, 11) is 0. The highest BCUT2D eigenvalue weighted by Gasteiger charge is 2.32. The van der Waals surface area contributed by atoms with Crippen LogP contribution in [0.1, 0.15) is 61.7 Å². The number of fused-ring (bicyclic) bond motifs is 1. The lowest BCUT2D eigenvalue weighted by Gasteiger charge is -2.30. The first-order valence-corrected chi connectivity index (χ1v) is 9.65. The first-order valence-electron chi connectivity index (χ1n) is 9.65. The summed E-state index contributed by atoms with van der Waals surface area (Å²) in [5.41, 5.74) is 0.918. The molecule has 1 N–H and O–H groups in total. The normalized spacial score (nSPS) is 21.8. The lowest BCUT2D eigenvalue weighted by Crippen LogP contribution is -2.39. The van der Waals surface area contributed by atoms with Gasteiger partial charge in [0.15, 0.2) is 0 Å². The maximum Gasteiger partial charge on any atom is 0.259 e. The minimum atomic E-state index is -0.150. The van der Waals surface area contributed by atoms with E-state index >= 15 is 0 Å². The number of rotatable bonds is 3. The third-order valence-corrected chi connectivity index (χ3v) is 5.99. The number of nitrogens with one attached hydrogen (secondary N) is 1. The van der Waals surface area contributed by atoms with E-state index < -0.39 is 0 Å². The van der Waals surface area contributed by atoms with Gasteiger partial charge in [0.05, 0.1) is 0 Å². The molecule has 2 fully saturated rings. The zero-order valence-electron chi connectivity index (χ0n) is 14.7. The fraction of sp³-hybridized carbons (Fsp3) is 0.524. The van der Waals surface area contributed by atoms with Crippen LogP contribution < -0.4 is 5.43 Å². The topological polar surface area (TPSA) is 53.2 Å². The van der Waals surface area contributed by atoms with E-state index in [4.69, 9.17) is 0 Å². The van der Waals surface area contributed by atoms with Gasteiger partial charge in [-0.3, -0.25) is 9.59 Å². The Morgan fingerprint density at radius 2 is 1.88 bits per heavy atom. The van der Waals surface area contributed by atoms with E-state index in [1.165, 1.54) is 32.1 Å². The van der Waals surface area contributed by atoms with Crippen LogP contribution in [0.2, 0.25) is 0 Å². The molecule has 4 rings (SSSR count). The van der Waals surface area contributed by atoms with Crippen molar-refractivity contribution < 1.29 is 4.79 Å². The zero-order chi connectivity index (χ0) is 17.2. The van der Waals surface area contributed by atoms with E-state index in [1.54, 1.807) is 12.3 Å². The summed E-state index contributed by atoms with van der Waals surface area (Å²) in [6.45, 7) is 0.780. The fourth-order valence-electron chi connectivity index (χ4n) is 4.64. The summed E-state index contributed by atoms with van der Waals surface area (Å²) in [6.07, 6.45) is 11.5. The molecule has 2 heterocycles. The van der Waals surface area contributed by atoms with E-state index in [9.17, 15) is 9.59 Å². The van der Waals surface area contributed by atoms with Crippen molar-refractivity contribution in [3.8, 4) is 0 Å². The highest BCUT2D eigenvalue weighted by Crippen LogP contribution is 2.32. The second-order valence-electron chi connectivity index (χ2n) is 7.61. The largest absolute Gasteiger partial charge is 0.360 e. The molecule has 1 aromatic heterocycles. The molecule has 1 amide bonds. The Kier molecular flexibility index (Phi) is 4.60. The van der Waals surface area contributed by atoms with Gasteiger partial charge in [-0.15, -0.1) is 0 Å². The Hall–Kier alpha value is -2.10. The molecule has 1 aliphatic heterocycles. The Morgan fingerprint density at radius 3 is 2.72 bits per heavy atom. The van der Waals surface area contributed by atoms with Gasteiger partial charge in [0.2, 0.25) is 5.43 Å². The predicted octanol–water partition coefficient (Wildman–Crippen LogP) is 4.10. The number of likely N-dealkylation sites (tertiary alicyclic amines) is 1. The number of hydrogen-bond donors (Lipinski definition) is 1. The first-order chi connectivity index (χ1) is 12.2. The second-order valence-corrected chi connectivity index (χ2v) is 7.61. The van der Waals surface area contributed by atoms with Gasteiger partial charge >= 0.3 is 0 Å². The average Bonchev–Trinajstić information content (AvgIpc) is 3.11. The highest BCUT2D eigenvalue weighted by atomic mass is 16.2. The number of amides is 1. The molecule has 0 bridgehead atoms. The molecule has 1 aliphatic carbocycles. The van der Waals surface area contributed by atoms with Crippen molar-refractivity contribution in [2.45, 2.75) is 57.4 Å². The van der Waals surface area contributed by atoms with Crippen LogP contribution >= 0.6 is 0 Å². The molecular weight excluding hydrogens is 312 g/mol. The predicted molar refractivity (Wildman–Crippen MR) is 99.8 cm³/mol. The lowest BCUT2D eigenvalue weighted by atomic mass is 9.84. The minimum absolute atomic E-state index is 0.0923. The Morgan fingerprint density at radius 1 is 1.08 bits per heavy atom. The summed E-state index contributed by atoms with van der Waals surface area (Å²) < 4.78 is 0. The Bertz CT molecular complexity index is 820. The molecule has 0 spiro atoms. The monoisotopic (exact) mass is 338 g/mol. The van der Waals surface area contributed by atoms with E-state index in [1.807, 2.05) is 23.1 Å². The van der Waals surface area contributed by atoms with Crippen LogP contribution in [0.4, 0.5) is 0 Å². The number of pyridine rings is 1. The van der Waals surface area contributed by atoms with Gasteiger partial charge in [0.25, 0.3) is 5.91 Å². The summed E-state index contributed by atoms with van der Waals surface area (Å²) in [5, 5.41) is 0.594. The van der Waals surface area contributed by atoms with Gasteiger partial charge in [-0.25, -0.2) is 0 Å². The lowest BCUT2D eigenvalue weighted by molar-refractivity contribution is 0.0710. The van der Waals surface area contributed by atoms with Crippen molar-refractivity contribution in [3.63, 3.8) is 0 Å². The van der Waals surface area contributed by atoms with Crippen molar-refractivity contribution in [1.29, 1.82) is 0 Å². The summed E-state index contributed by atoms with van der Waals surface area (Å²) >= 11 is 0. The number of aromatic nitrogens is 1.